The number of anilines is 5. The minimum atomic E-state index is -0.650. The summed E-state index contributed by atoms with van der Waals surface area (Å²) >= 11 is 0. The molecule has 0 aliphatic carbocycles. The number of likely N-dealkylation sites (N-methyl/N-ethyl adjacent to an activating group) is 1. The molecule has 4 aliphatic heterocycles. The summed E-state index contributed by atoms with van der Waals surface area (Å²) in [7, 11) is 3.83. The molecule has 3 aromatic rings. The van der Waals surface area contributed by atoms with E-state index in [-0.39, 0.29) is 5.91 Å². The number of aromatic nitrogens is 2. The summed E-state index contributed by atoms with van der Waals surface area (Å²) in [5.41, 5.74) is 2.54. The van der Waals surface area contributed by atoms with Gasteiger partial charge >= 0.3 is 0 Å². The lowest BCUT2D eigenvalue weighted by atomic mass is 10.0. The van der Waals surface area contributed by atoms with E-state index >= 15 is 0 Å². The molecule has 0 spiro atoms. The number of hydrogen-bond donors (Lipinski definition) is 2. The van der Waals surface area contributed by atoms with Crippen LogP contribution in [0.1, 0.15) is 37.3 Å². The fraction of sp³-hybridized carbons (Fsp3) is 0.441. The second kappa shape index (κ2) is 13.1. The van der Waals surface area contributed by atoms with Gasteiger partial charge in [-0.1, -0.05) is 6.58 Å². The average Bonchev–Trinajstić information content (AvgIpc) is 3.81. The van der Waals surface area contributed by atoms with Gasteiger partial charge in [0.1, 0.15) is 29.5 Å². The maximum Gasteiger partial charge on any atom is 0.247 e. The number of amides is 1. The van der Waals surface area contributed by atoms with Crippen molar-refractivity contribution in [3.05, 3.63) is 72.6 Å². The van der Waals surface area contributed by atoms with Crippen molar-refractivity contribution in [1.29, 1.82) is 0 Å². The summed E-state index contributed by atoms with van der Waals surface area (Å²) in [5.74, 6) is -0.182. The van der Waals surface area contributed by atoms with Crippen molar-refractivity contribution < 1.29 is 23.1 Å². The molecule has 5 heterocycles. The fourth-order valence-electron chi connectivity index (χ4n) is 7.60. The van der Waals surface area contributed by atoms with Crippen molar-refractivity contribution in [2.75, 3.05) is 67.5 Å². The molecular weight excluding hydrogens is 606 g/mol. The van der Waals surface area contributed by atoms with Gasteiger partial charge in [0, 0.05) is 68.9 Å². The van der Waals surface area contributed by atoms with Crippen LogP contribution in [0.3, 0.4) is 0 Å². The van der Waals surface area contributed by atoms with Gasteiger partial charge in [0.2, 0.25) is 5.91 Å². The van der Waals surface area contributed by atoms with E-state index in [0.717, 1.165) is 50.8 Å². The van der Waals surface area contributed by atoms with Crippen LogP contribution in [0.25, 0.3) is 0 Å². The summed E-state index contributed by atoms with van der Waals surface area (Å²) in [5, 5.41) is 7.83. The maximum atomic E-state index is 14.0. The van der Waals surface area contributed by atoms with Gasteiger partial charge in [-0.2, -0.15) is 0 Å². The molecule has 0 radical (unpaired) electrons. The summed E-state index contributed by atoms with van der Waals surface area (Å²) in [6.07, 6.45) is 6.54. The van der Waals surface area contributed by atoms with Crippen LogP contribution in [0.15, 0.2) is 55.4 Å². The predicted octanol–water partition coefficient (Wildman–Crippen LogP) is 4.87. The molecule has 11 nitrogen and oxygen atoms in total. The Kier molecular flexibility index (Phi) is 8.69. The number of piperidine rings is 1. The average molecular weight is 647 g/mol. The first-order valence-electron chi connectivity index (χ1n) is 16.1. The molecule has 13 heteroatoms. The highest BCUT2D eigenvalue weighted by molar-refractivity contribution is 6.02. The Morgan fingerprint density at radius 2 is 1.79 bits per heavy atom. The highest BCUT2D eigenvalue weighted by Gasteiger charge is 2.44. The molecular formula is C34H40F2N8O3. The van der Waals surface area contributed by atoms with Gasteiger partial charge in [0.05, 0.1) is 36.8 Å². The standard InChI is InChI=1S/C34H40F2N8O3/c1-4-34(45)40-27-15-28(31(46-3)16-30(27)42-8-5-24(6-9-42)43-19-25-14-26(43)18-41(25)2)39-32-17-33(38-20-37-32)44-29(7-10-47-44)21-11-22(35)13-23(36)12-21/h4,11-13,15-17,20,24-26,29H,1,5-10,14,18-19H2,2-3H3,(H,40,45)(H,37,38,39)/t25-,26-,29+/m0/s1. The molecule has 47 heavy (non-hydrogen) atoms. The van der Waals surface area contributed by atoms with Crippen LogP contribution < -0.4 is 25.3 Å². The zero-order valence-electron chi connectivity index (χ0n) is 26.7. The van der Waals surface area contributed by atoms with E-state index in [1.165, 1.54) is 31.0 Å². The van der Waals surface area contributed by atoms with Gasteiger partial charge in [-0.15, -0.1) is 0 Å². The third kappa shape index (κ3) is 6.34. The number of nitrogens with zero attached hydrogens (tertiary/aromatic N) is 6. The normalized spacial score (nSPS) is 23.4. The fourth-order valence-corrected chi connectivity index (χ4v) is 7.60. The molecule has 4 fully saturated rings. The van der Waals surface area contributed by atoms with Gasteiger partial charge in [0.15, 0.2) is 5.82 Å². The molecule has 0 unspecified atom stereocenters. The number of benzene rings is 2. The summed E-state index contributed by atoms with van der Waals surface area (Å²) in [4.78, 5) is 34.7. The van der Waals surface area contributed by atoms with Crippen molar-refractivity contribution >= 4 is 34.6 Å². The highest BCUT2D eigenvalue weighted by Crippen LogP contribution is 2.41. The third-order valence-electron chi connectivity index (χ3n) is 9.91. The zero-order valence-corrected chi connectivity index (χ0v) is 26.7. The van der Waals surface area contributed by atoms with Crippen LogP contribution in [-0.4, -0.2) is 90.7 Å². The lowest BCUT2D eigenvalue weighted by Crippen LogP contribution is -2.52. The number of likely N-dealkylation sites (tertiary alicyclic amines) is 2. The number of methoxy groups -OCH3 is 1. The molecule has 4 aliphatic rings. The number of hydrogen-bond acceptors (Lipinski definition) is 10. The minimum Gasteiger partial charge on any atom is -0.494 e. The van der Waals surface area contributed by atoms with Gasteiger partial charge in [-0.25, -0.2) is 23.8 Å². The topological polar surface area (TPSA) is 98.3 Å². The summed E-state index contributed by atoms with van der Waals surface area (Å²) in [6.45, 7) is 8.04. The van der Waals surface area contributed by atoms with Crippen molar-refractivity contribution in [3.8, 4) is 5.75 Å². The number of nitrogens with one attached hydrogen (secondary N) is 2. The molecule has 0 saturated carbocycles. The molecule has 2 N–H and O–H groups in total. The Labute approximate surface area is 273 Å². The summed E-state index contributed by atoms with van der Waals surface area (Å²) in [6, 6.07) is 10.4. The van der Waals surface area contributed by atoms with Crippen molar-refractivity contribution in [2.24, 2.45) is 0 Å². The third-order valence-corrected chi connectivity index (χ3v) is 9.91. The number of hydroxylamine groups is 1. The Morgan fingerprint density at radius 3 is 2.47 bits per heavy atom. The van der Waals surface area contributed by atoms with Crippen LogP contribution >= 0.6 is 0 Å². The molecule has 7 rings (SSSR count). The van der Waals surface area contributed by atoms with E-state index in [0.29, 0.717) is 65.5 Å². The van der Waals surface area contributed by atoms with Gasteiger partial charge in [-0.3, -0.25) is 14.5 Å². The first-order chi connectivity index (χ1) is 22.8. The maximum absolute atomic E-state index is 14.0. The van der Waals surface area contributed by atoms with Crippen molar-refractivity contribution in [3.63, 3.8) is 0 Å². The SMILES string of the molecule is C=CC(=O)Nc1cc(Nc2cc(N3OCC[C@@H]3c3cc(F)cc(F)c3)ncn2)c(OC)cc1N1CCC(N2C[C@@H]3C[C@H]2CN3C)CC1. The smallest absolute Gasteiger partial charge is 0.247 e. The number of carbonyl (C=O) groups excluding carboxylic acids is 1. The van der Waals surface area contributed by atoms with E-state index in [9.17, 15) is 13.6 Å². The minimum absolute atomic E-state index is 0.315. The number of piperazine rings is 1. The molecule has 1 amide bonds. The van der Waals surface area contributed by atoms with Crippen LogP contribution in [0.4, 0.5) is 37.5 Å². The number of rotatable bonds is 9. The number of halogens is 2. The molecule has 2 bridgehead atoms. The van der Waals surface area contributed by atoms with E-state index in [1.54, 1.807) is 18.2 Å². The second-order valence-electron chi connectivity index (χ2n) is 12.7. The number of fused-ring (bicyclic) bond motifs is 2. The second-order valence-corrected chi connectivity index (χ2v) is 12.7. The Balaban J connectivity index is 1.11. The highest BCUT2D eigenvalue weighted by atomic mass is 19.1. The molecule has 248 valence electrons. The Bertz CT molecular complexity index is 1630. The van der Waals surface area contributed by atoms with E-state index in [4.69, 9.17) is 9.57 Å². The molecule has 4 saturated heterocycles. The largest absolute Gasteiger partial charge is 0.494 e. The van der Waals surface area contributed by atoms with Gasteiger partial charge in [0.25, 0.3) is 0 Å². The molecule has 2 aromatic carbocycles. The Morgan fingerprint density at radius 1 is 1.00 bits per heavy atom. The first kappa shape index (κ1) is 31.3. The summed E-state index contributed by atoms with van der Waals surface area (Å²) < 4.78 is 33.8. The predicted molar refractivity (Wildman–Crippen MR) is 176 cm³/mol. The monoisotopic (exact) mass is 646 g/mol. The molecule has 1 aromatic heterocycles. The van der Waals surface area contributed by atoms with Crippen LogP contribution in [0.2, 0.25) is 0 Å². The first-order valence-corrected chi connectivity index (χ1v) is 16.1. The number of ether oxygens (including phenoxy) is 1. The van der Waals surface area contributed by atoms with Gasteiger partial charge in [-0.05, 0) is 56.1 Å². The van der Waals surface area contributed by atoms with Crippen LogP contribution in [0.5, 0.6) is 5.75 Å². The zero-order chi connectivity index (χ0) is 32.7. The van der Waals surface area contributed by atoms with Crippen molar-refractivity contribution in [1.82, 2.24) is 19.8 Å². The van der Waals surface area contributed by atoms with E-state index in [2.05, 4.69) is 48.9 Å². The van der Waals surface area contributed by atoms with Gasteiger partial charge < -0.3 is 25.2 Å². The van der Waals surface area contributed by atoms with E-state index < -0.39 is 17.7 Å². The van der Waals surface area contributed by atoms with E-state index in [1.807, 2.05) is 12.1 Å². The molecule has 3 atom stereocenters. The van der Waals surface area contributed by atoms with Crippen LogP contribution in [0, 0.1) is 11.6 Å². The quantitative estimate of drug-likeness (QED) is 0.314. The Hall–Kier alpha value is -4.33. The lowest BCUT2D eigenvalue weighted by Gasteiger charge is -2.43. The van der Waals surface area contributed by atoms with Crippen molar-refractivity contribution in [2.45, 2.75) is 49.9 Å². The number of carbonyl (C=O) groups is 1. The lowest BCUT2D eigenvalue weighted by molar-refractivity contribution is -0.111. The van der Waals surface area contributed by atoms with Crippen LogP contribution in [-0.2, 0) is 9.63 Å².